The molecule has 1 aromatic carbocycles. The van der Waals surface area contributed by atoms with Crippen LogP contribution in [-0.2, 0) is 4.79 Å². The standard InChI is InChI=1S/C17H20N2O2S/c1-13(14-6-3-2-4-7-14)19-16(20)8-5-10-18-17(21)15-9-11-22-12-15/h2-4,6-7,9,11-13H,5,8,10H2,1H3,(H,18,21)(H,19,20). The van der Waals surface area contributed by atoms with Gasteiger partial charge < -0.3 is 10.6 Å². The molecule has 0 bridgehead atoms. The molecular weight excluding hydrogens is 296 g/mol. The minimum absolute atomic E-state index is 0.00105. The quantitative estimate of drug-likeness (QED) is 0.771. The molecule has 5 heteroatoms. The van der Waals surface area contributed by atoms with Crippen LogP contribution in [0.15, 0.2) is 47.2 Å². The van der Waals surface area contributed by atoms with Crippen LogP contribution in [0.4, 0.5) is 0 Å². The second-order valence-corrected chi connectivity index (χ2v) is 5.85. The molecule has 2 aromatic rings. The zero-order valence-electron chi connectivity index (χ0n) is 12.5. The molecule has 0 saturated heterocycles. The van der Waals surface area contributed by atoms with Gasteiger partial charge >= 0.3 is 0 Å². The van der Waals surface area contributed by atoms with Crippen LogP contribution in [-0.4, -0.2) is 18.4 Å². The molecule has 4 nitrogen and oxygen atoms in total. The molecule has 22 heavy (non-hydrogen) atoms. The highest BCUT2D eigenvalue weighted by atomic mass is 32.1. The van der Waals surface area contributed by atoms with E-state index in [0.29, 0.717) is 24.9 Å². The number of hydrogen-bond acceptors (Lipinski definition) is 3. The highest BCUT2D eigenvalue weighted by molar-refractivity contribution is 7.08. The summed E-state index contributed by atoms with van der Waals surface area (Å²) in [5, 5.41) is 9.45. The Balaban J connectivity index is 1.65. The van der Waals surface area contributed by atoms with Crippen molar-refractivity contribution in [2.75, 3.05) is 6.54 Å². The third-order valence-electron chi connectivity index (χ3n) is 3.33. The van der Waals surface area contributed by atoms with Crippen molar-refractivity contribution in [3.8, 4) is 0 Å². The predicted molar refractivity (Wildman–Crippen MR) is 88.9 cm³/mol. The molecule has 1 aromatic heterocycles. The summed E-state index contributed by atoms with van der Waals surface area (Å²) in [5.74, 6) is -0.0829. The Morgan fingerprint density at radius 1 is 1.18 bits per heavy atom. The van der Waals surface area contributed by atoms with E-state index >= 15 is 0 Å². The first-order chi connectivity index (χ1) is 10.7. The van der Waals surface area contributed by atoms with Crippen LogP contribution in [0.2, 0.25) is 0 Å². The van der Waals surface area contributed by atoms with E-state index in [4.69, 9.17) is 0 Å². The fourth-order valence-corrected chi connectivity index (χ4v) is 2.72. The Kier molecular flexibility index (Phi) is 6.15. The summed E-state index contributed by atoms with van der Waals surface area (Å²) in [7, 11) is 0. The lowest BCUT2D eigenvalue weighted by atomic mass is 10.1. The van der Waals surface area contributed by atoms with Crippen molar-refractivity contribution in [1.82, 2.24) is 10.6 Å². The van der Waals surface area contributed by atoms with E-state index in [1.807, 2.05) is 48.0 Å². The van der Waals surface area contributed by atoms with Crippen LogP contribution in [0.1, 0.15) is 41.7 Å². The molecule has 0 radical (unpaired) electrons. The number of rotatable bonds is 7. The van der Waals surface area contributed by atoms with Crippen molar-refractivity contribution in [2.45, 2.75) is 25.8 Å². The average molecular weight is 316 g/mol. The normalized spacial score (nSPS) is 11.7. The summed E-state index contributed by atoms with van der Waals surface area (Å²) < 4.78 is 0. The molecule has 0 aliphatic rings. The number of thiophene rings is 1. The zero-order valence-corrected chi connectivity index (χ0v) is 13.4. The Morgan fingerprint density at radius 2 is 1.95 bits per heavy atom. The molecule has 2 rings (SSSR count). The Morgan fingerprint density at radius 3 is 2.64 bits per heavy atom. The second-order valence-electron chi connectivity index (χ2n) is 5.07. The summed E-state index contributed by atoms with van der Waals surface area (Å²) >= 11 is 1.49. The second kappa shape index (κ2) is 8.34. The summed E-state index contributed by atoms with van der Waals surface area (Å²) in [6.45, 7) is 2.47. The Hall–Kier alpha value is -2.14. The lowest BCUT2D eigenvalue weighted by molar-refractivity contribution is -0.121. The van der Waals surface area contributed by atoms with Crippen molar-refractivity contribution in [3.05, 3.63) is 58.3 Å². The first kappa shape index (κ1) is 16.2. The number of carbonyl (C=O) groups excluding carboxylic acids is 2. The number of hydrogen-bond donors (Lipinski definition) is 2. The van der Waals surface area contributed by atoms with E-state index in [2.05, 4.69) is 10.6 Å². The van der Waals surface area contributed by atoms with Crippen molar-refractivity contribution in [2.24, 2.45) is 0 Å². The van der Waals surface area contributed by atoms with Gasteiger partial charge in [0, 0.05) is 23.9 Å². The fourth-order valence-electron chi connectivity index (χ4n) is 2.09. The van der Waals surface area contributed by atoms with Gasteiger partial charge in [-0.3, -0.25) is 9.59 Å². The largest absolute Gasteiger partial charge is 0.352 e. The minimum atomic E-state index is -0.0840. The molecule has 0 saturated carbocycles. The molecule has 0 spiro atoms. The Bertz CT molecular complexity index is 596. The van der Waals surface area contributed by atoms with Gasteiger partial charge in [0.25, 0.3) is 5.91 Å². The van der Waals surface area contributed by atoms with E-state index in [9.17, 15) is 9.59 Å². The Labute approximate surface area is 134 Å². The van der Waals surface area contributed by atoms with Crippen LogP contribution in [0, 0.1) is 0 Å². The van der Waals surface area contributed by atoms with Gasteiger partial charge in [-0.1, -0.05) is 30.3 Å². The number of nitrogens with one attached hydrogen (secondary N) is 2. The molecule has 1 unspecified atom stereocenters. The molecule has 0 aliphatic carbocycles. The smallest absolute Gasteiger partial charge is 0.252 e. The van der Waals surface area contributed by atoms with Gasteiger partial charge in [-0.15, -0.1) is 0 Å². The molecular formula is C17H20N2O2S. The first-order valence-electron chi connectivity index (χ1n) is 7.31. The summed E-state index contributed by atoms with van der Waals surface area (Å²) in [6.07, 6.45) is 1.03. The van der Waals surface area contributed by atoms with E-state index < -0.39 is 0 Å². The lowest BCUT2D eigenvalue weighted by Crippen LogP contribution is -2.28. The SMILES string of the molecule is CC(NC(=O)CCCNC(=O)c1ccsc1)c1ccccc1. The highest BCUT2D eigenvalue weighted by Crippen LogP contribution is 2.11. The average Bonchev–Trinajstić information content (AvgIpc) is 3.06. The molecule has 1 atom stereocenters. The monoisotopic (exact) mass is 316 g/mol. The van der Waals surface area contributed by atoms with Gasteiger partial charge in [0.1, 0.15) is 0 Å². The van der Waals surface area contributed by atoms with Crippen LogP contribution in [0.5, 0.6) is 0 Å². The van der Waals surface area contributed by atoms with Crippen LogP contribution in [0.3, 0.4) is 0 Å². The van der Waals surface area contributed by atoms with Gasteiger partial charge in [0.2, 0.25) is 5.91 Å². The molecule has 2 N–H and O–H groups in total. The van der Waals surface area contributed by atoms with Crippen molar-refractivity contribution >= 4 is 23.2 Å². The predicted octanol–water partition coefficient (Wildman–Crippen LogP) is 3.14. The molecule has 0 fully saturated rings. The summed E-state index contributed by atoms with van der Waals surface area (Å²) in [5.41, 5.74) is 1.76. The number of amides is 2. The number of carbonyl (C=O) groups is 2. The highest BCUT2D eigenvalue weighted by Gasteiger charge is 2.09. The van der Waals surface area contributed by atoms with E-state index in [1.165, 1.54) is 11.3 Å². The summed E-state index contributed by atoms with van der Waals surface area (Å²) in [4.78, 5) is 23.6. The van der Waals surface area contributed by atoms with Gasteiger partial charge in [0.15, 0.2) is 0 Å². The van der Waals surface area contributed by atoms with Crippen molar-refractivity contribution < 1.29 is 9.59 Å². The third-order valence-corrected chi connectivity index (χ3v) is 4.01. The van der Waals surface area contributed by atoms with Gasteiger partial charge in [0.05, 0.1) is 6.04 Å². The lowest BCUT2D eigenvalue weighted by Gasteiger charge is -2.14. The molecule has 1 heterocycles. The van der Waals surface area contributed by atoms with Gasteiger partial charge in [-0.05, 0) is 30.4 Å². The summed E-state index contributed by atoms with van der Waals surface area (Å²) in [6, 6.07) is 11.6. The maximum Gasteiger partial charge on any atom is 0.252 e. The van der Waals surface area contributed by atoms with Gasteiger partial charge in [-0.2, -0.15) is 11.3 Å². The molecule has 0 aliphatic heterocycles. The van der Waals surface area contributed by atoms with E-state index in [-0.39, 0.29) is 17.9 Å². The van der Waals surface area contributed by atoms with E-state index in [1.54, 1.807) is 6.07 Å². The van der Waals surface area contributed by atoms with Gasteiger partial charge in [-0.25, -0.2) is 0 Å². The number of benzene rings is 1. The third kappa shape index (κ3) is 5.00. The molecule has 2 amide bonds. The maximum absolute atomic E-state index is 11.9. The zero-order chi connectivity index (χ0) is 15.8. The maximum atomic E-state index is 11.9. The molecule has 116 valence electrons. The fraction of sp³-hybridized carbons (Fsp3) is 0.294. The topological polar surface area (TPSA) is 58.2 Å². The van der Waals surface area contributed by atoms with Crippen molar-refractivity contribution in [1.29, 1.82) is 0 Å². The minimum Gasteiger partial charge on any atom is -0.352 e. The van der Waals surface area contributed by atoms with Crippen LogP contribution >= 0.6 is 11.3 Å². The van der Waals surface area contributed by atoms with E-state index in [0.717, 1.165) is 5.56 Å². The van der Waals surface area contributed by atoms with Crippen LogP contribution in [0.25, 0.3) is 0 Å². The first-order valence-corrected chi connectivity index (χ1v) is 8.26. The van der Waals surface area contributed by atoms with Crippen molar-refractivity contribution in [3.63, 3.8) is 0 Å². The van der Waals surface area contributed by atoms with Crippen LogP contribution < -0.4 is 10.6 Å².